The summed E-state index contributed by atoms with van der Waals surface area (Å²) in [4.78, 5) is 12.7. The second-order valence-corrected chi connectivity index (χ2v) is 4.96. The van der Waals surface area contributed by atoms with Gasteiger partial charge in [-0.25, -0.2) is 4.98 Å². The predicted molar refractivity (Wildman–Crippen MR) is 65.3 cm³/mol. The molecule has 0 aromatic carbocycles. The standard InChI is InChI=1S/C12H20N4O/c1-8-5-4-6-12(7-8,17-3)10-14-9(2)15-11(13)16-10/h8H,4-7H2,1-3H3,(H2,13,14,15,16). The normalized spacial score (nSPS) is 29.2. The molecule has 1 aromatic rings. The van der Waals surface area contributed by atoms with Gasteiger partial charge in [0.05, 0.1) is 0 Å². The van der Waals surface area contributed by atoms with E-state index in [-0.39, 0.29) is 11.5 Å². The van der Waals surface area contributed by atoms with Crippen molar-refractivity contribution in [3.8, 4) is 0 Å². The minimum Gasteiger partial charge on any atom is -0.370 e. The summed E-state index contributed by atoms with van der Waals surface area (Å²) in [5.74, 6) is 2.25. The first kappa shape index (κ1) is 12.2. The van der Waals surface area contributed by atoms with Gasteiger partial charge in [-0.15, -0.1) is 0 Å². The Morgan fingerprint density at radius 1 is 1.35 bits per heavy atom. The Bertz CT molecular complexity index is 389. The molecule has 0 bridgehead atoms. The minimum absolute atomic E-state index is 0.280. The topological polar surface area (TPSA) is 73.9 Å². The second-order valence-electron chi connectivity index (χ2n) is 4.96. The molecule has 1 fully saturated rings. The first-order chi connectivity index (χ1) is 8.05. The van der Waals surface area contributed by atoms with Gasteiger partial charge in [-0.1, -0.05) is 13.3 Å². The molecule has 0 amide bonds. The maximum absolute atomic E-state index is 5.74. The lowest BCUT2D eigenvalue weighted by Gasteiger charge is -2.37. The van der Waals surface area contributed by atoms with Crippen molar-refractivity contribution in [2.75, 3.05) is 12.8 Å². The van der Waals surface area contributed by atoms with Crippen LogP contribution in [0.3, 0.4) is 0 Å². The zero-order chi connectivity index (χ0) is 12.5. The van der Waals surface area contributed by atoms with E-state index in [4.69, 9.17) is 10.5 Å². The molecule has 2 atom stereocenters. The summed E-state index contributed by atoms with van der Waals surface area (Å²) in [5.41, 5.74) is 5.32. The van der Waals surface area contributed by atoms with Gasteiger partial charge in [-0.05, 0) is 32.1 Å². The number of aryl methyl sites for hydroxylation is 1. The molecule has 0 saturated heterocycles. The van der Waals surface area contributed by atoms with Gasteiger partial charge in [0.15, 0.2) is 5.82 Å². The van der Waals surface area contributed by atoms with E-state index in [2.05, 4.69) is 21.9 Å². The fraction of sp³-hybridized carbons (Fsp3) is 0.750. The summed E-state index contributed by atoms with van der Waals surface area (Å²) < 4.78 is 5.74. The monoisotopic (exact) mass is 236 g/mol. The van der Waals surface area contributed by atoms with Gasteiger partial charge in [0.2, 0.25) is 5.95 Å². The van der Waals surface area contributed by atoms with Crippen LogP contribution in [0.25, 0.3) is 0 Å². The van der Waals surface area contributed by atoms with Gasteiger partial charge in [0, 0.05) is 7.11 Å². The fourth-order valence-corrected chi connectivity index (χ4v) is 2.69. The van der Waals surface area contributed by atoms with Crippen molar-refractivity contribution < 1.29 is 4.74 Å². The third kappa shape index (κ3) is 2.39. The van der Waals surface area contributed by atoms with E-state index < -0.39 is 0 Å². The lowest BCUT2D eigenvalue weighted by Crippen LogP contribution is -2.36. The Labute approximate surface area is 102 Å². The van der Waals surface area contributed by atoms with Crippen LogP contribution in [0, 0.1) is 12.8 Å². The maximum Gasteiger partial charge on any atom is 0.223 e. The Balaban J connectivity index is 2.39. The largest absolute Gasteiger partial charge is 0.370 e. The second kappa shape index (κ2) is 4.56. The van der Waals surface area contributed by atoms with Gasteiger partial charge >= 0.3 is 0 Å². The highest BCUT2D eigenvalue weighted by Gasteiger charge is 2.39. The van der Waals surface area contributed by atoms with Crippen LogP contribution in [0.1, 0.15) is 44.3 Å². The number of rotatable bonds is 2. The van der Waals surface area contributed by atoms with Gasteiger partial charge in [0.25, 0.3) is 0 Å². The maximum atomic E-state index is 5.74. The molecule has 1 heterocycles. The van der Waals surface area contributed by atoms with E-state index >= 15 is 0 Å². The molecule has 94 valence electrons. The number of anilines is 1. The van der Waals surface area contributed by atoms with Crippen molar-refractivity contribution in [1.82, 2.24) is 15.0 Å². The molecule has 0 radical (unpaired) electrons. The van der Waals surface area contributed by atoms with E-state index in [9.17, 15) is 0 Å². The van der Waals surface area contributed by atoms with Crippen LogP contribution in [-0.4, -0.2) is 22.1 Å². The first-order valence-electron chi connectivity index (χ1n) is 6.09. The van der Waals surface area contributed by atoms with Gasteiger partial charge in [-0.2, -0.15) is 9.97 Å². The van der Waals surface area contributed by atoms with Crippen molar-refractivity contribution in [1.29, 1.82) is 0 Å². The van der Waals surface area contributed by atoms with E-state index in [1.165, 1.54) is 6.42 Å². The van der Waals surface area contributed by atoms with Crippen LogP contribution < -0.4 is 5.73 Å². The molecule has 0 aliphatic heterocycles. The highest BCUT2D eigenvalue weighted by Crippen LogP contribution is 2.41. The molecule has 5 heteroatoms. The molecule has 17 heavy (non-hydrogen) atoms. The fourth-order valence-electron chi connectivity index (χ4n) is 2.69. The van der Waals surface area contributed by atoms with Crippen molar-refractivity contribution in [3.05, 3.63) is 11.6 Å². The number of nitrogens with zero attached hydrogens (tertiary/aromatic N) is 3. The summed E-state index contributed by atoms with van der Waals surface area (Å²) in [6.45, 7) is 4.07. The number of hydrogen-bond donors (Lipinski definition) is 1. The summed E-state index contributed by atoms with van der Waals surface area (Å²) >= 11 is 0. The molecular weight excluding hydrogens is 216 g/mol. The van der Waals surface area contributed by atoms with Crippen molar-refractivity contribution in [3.63, 3.8) is 0 Å². The number of aromatic nitrogens is 3. The summed E-state index contributed by atoms with van der Waals surface area (Å²) in [6, 6.07) is 0. The predicted octanol–water partition coefficient (Wildman–Crippen LogP) is 1.81. The molecule has 0 spiro atoms. The van der Waals surface area contributed by atoms with E-state index in [1.807, 2.05) is 6.92 Å². The van der Waals surface area contributed by atoms with E-state index in [0.29, 0.717) is 17.6 Å². The Hall–Kier alpha value is -1.23. The lowest BCUT2D eigenvalue weighted by atomic mass is 9.78. The smallest absolute Gasteiger partial charge is 0.223 e. The van der Waals surface area contributed by atoms with Crippen LogP contribution in [0.4, 0.5) is 5.95 Å². The van der Waals surface area contributed by atoms with Crippen LogP contribution in [-0.2, 0) is 10.3 Å². The Kier molecular flexibility index (Phi) is 3.28. The lowest BCUT2D eigenvalue weighted by molar-refractivity contribution is -0.0647. The Morgan fingerprint density at radius 2 is 2.12 bits per heavy atom. The molecule has 5 nitrogen and oxygen atoms in total. The number of methoxy groups -OCH3 is 1. The summed E-state index contributed by atoms with van der Waals surface area (Å²) in [7, 11) is 1.73. The van der Waals surface area contributed by atoms with Gasteiger partial charge in [-0.3, -0.25) is 0 Å². The molecular formula is C12H20N4O. The molecule has 1 aliphatic rings. The number of nitrogen functional groups attached to an aromatic ring is 1. The van der Waals surface area contributed by atoms with Crippen molar-refractivity contribution in [2.45, 2.75) is 45.1 Å². The highest BCUT2D eigenvalue weighted by atomic mass is 16.5. The zero-order valence-corrected chi connectivity index (χ0v) is 10.7. The van der Waals surface area contributed by atoms with Crippen molar-refractivity contribution >= 4 is 5.95 Å². The third-order valence-electron chi connectivity index (χ3n) is 3.52. The molecule has 2 rings (SSSR count). The quantitative estimate of drug-likeness (QED) is 0.847. The average Bonchev–Trinajstić information content (AvgIpc) is 2.27. The highest BCUT2D eigenvalue weighted by molar-refractivity contribution is 5.19. The van der Waals surface area contributed by atoms with Crippen LogP contribution >= 0.6 is 0 Å². The molecule has 2 N–H and O–H groups in total. The summed E-state index contributed by atoms with van der Waals surface area (Å²) in [6.07, 6.45) is 4.29. The van der Waals surface area contributed by atoms with Gasteiger partial charge < -0.3 is 10.5 Å². The van der Waals surface area contributed by atoms with E-state index in [1.54, 1.807) is 7.11 Å². The molecule has 1 aliphatic carbocycles. The number of nitrogens with two attached hydrogens (primary N) is 1. The molecule has 1 aromatic heterocycles. The Morgan fingerprint density at radius 3 is 2.71 bits per heavy atom. The summed E-state index contributed by atoms with van der Waals surface area (Å²) in [5, 5.41) is 0. The minimum atomic E-state index is -0.376. The van der Waals surface area contributed by atoms with Crippen LogP contribution in [0.2, 0.25) is 0 Å². The van der Waals surface area contributed by atoms with Crippen molar-refractivity contribution in [2.24, 2.45) is 5.92 Å². The van der Waals surface area contributed by atoms with Crippen LogP contribution in [0.15, 0.2) is 0 Å². The van der Waals surface area contributed by atoms with E-state index in [0.717, 1.165) is 19.3 Å². The zero-order valence-electron chi connectivity index (χ0n) is 10.7. The average molecular weight is 236 g/mol. The number of hydrogen-bond acceptors (Lipinski definition) is 5. The first-order valence-corrected chi connectivity index (χ1v) is 6.09. The van der Waals surface area contributed by atoms with Gasteiger partial charge in [0.1, 0.15) is 11.4 Å². The number of ether oxygens (including phenoxy) is 1. The molecule has 2 unspecified atom stereocenters. The molecule has 1 saturated carbocycles. The third-order valence-corrected chi connectivity index (χ3v) is 3.52. The van der Waals surface area contributed by atoms with Crippen LogP contribution in [0.5, 0.6) is 0 Å². The SMILES string of the molecule is COC1(c2nc(C)nc(N)n2)CCCC(C)C1.